The second-order valence-corrected chi connectivity index (χ2v) is 6.91. The quantitative estimate of drug-likeness (QED) is 0.758. The van der Waals surface area contributed by atoms with E-state index in [2.05, 4.69) is 20.1 Å². The first kappa shape index (κ1) is 15.7. The summed E-state index contributed by atoms with van der Waals surface area (Å²) >= 11 is 0. The van der Waals surface area contributed by atoms with Crippen LogP contribution in [0.25, 0.3) is 22.4 Å². The van der Waals surface area contributed by atoms with E-state index in [1.165, 1.54) is 0 Å². The van der Waals surface area contributed by atoms with Crippen LogP contribution in [0.15, 0.2) is 48.5 Å². The molecule has 0 radical (unpaired) electrons. The first-order chi connectivity index (χ1) is 11.5. The largest absolute Gasteiger partial charge is 0.284 e. The smallest absolute Gasteiger partial charge is 0.229 e. The van der Waals surface area contributed by atoms with Crippen molar-refractivity contribution in [2.45, 2.75) is 0 Å². The summed E-state index contributed by atoms with van der Waals surface area (Å²) in [5, 5.41) is 19.3. The molecule has 0 saturated carbocycles. The van der Waals surface area contributed by atoms with Crippen molar-refractivity contribution in [3.05, 3.63) is 54.2 Å². The second-order valence-electron chi connectivity index (χ2n) is 5.17. The molecule has 1 aromatic heterocycles. The van der Waals surface area contributed by atoms with Crippen molar-refractivity contribution in [2.24, 2.45) is 0 Å². The number of hydrogen-bond donors (Lipinski definition) is 2. The number of sulfonamides is 1. The minimum absolute atomic E-state index is 0.236. The van der Waals surface area contributed by atoms with Crippen molar-refractivity contribution in [3.8, 4) is 28.5 Å². The molecule has 0 spiro atoms. The Morgan fingerprint density at radius 1 is 1.04 bits per heavy atom. The van der Waals surface area contributed by atoms with E-state index in [1.54, 1.807) is 12.1 Å². The Bertz CT molecular complexity index is 1020. The molecule has 2 aromatic carbocycles. The minimum atomic E-state index is -3.30. The summed E-state index contributed by atoms with van der Waals surface area (Å²) in [5.41, 5.74) is 3.84. The number of nitriles is 1. The Kier molecular flexibility index (Phi) is 4.02. The normalized spacial score (nSPS) is 11.0. The molecule has 2 N–H and O–H groups in total. The molecule has 8 heteroatoms. The lowest BCUT2D eigenvalue weighted by atomic mass is 10.0. The number of nitrogens with zero attached hydrogens (tertiary/aromatic N) is 3. The molecule has 0 saturated heterocycles. The lowest BCUT2D eigenvalue weighted by Gasteiger charge is -2.07. The molecular formula is C16H13N5O2S. The molecule has 0 fully saturated rings. The molecule has 0 aliphatic heterocycles. The molecule has 120 valence electrons. The first-order valence-corrected chi connectivity index (χ1v) is 8.85. The zero-order valence-electron chi connectivity index (χ0n) is 12.7. The van der Waals surface area contributed by atoms with Crippen molar-refractivity contribution in [1.82, 2.24) is 15.4 Å². The summed E-state index contributed by atoms with van der Waals surface area (Å²) < 4.78 is 24.9. The Hall–Kier alpha value is -3.18. The van der Waals surface area contributed by atoms with Crippen molar-refractivity contribution in [1.29, 1.82) is 5.26 Å². The van der Waals surface area contributed by atoms with E-state index < -0.39 is 10.0 Å². The van der Waals surface area contributed by atoms with E-state index in [1.807, 2.05) is 42.5 Å². The molecule has 7 nitrogen and oxygen atoms in total. The predicted octanol–water partition coefficient (Wildman–Crippen LogP) is 2.38. The van der Waals surface area contributed by atoms with Gasteiger partial charge in [-0.05, 0) is 29.3 Å². The van der Waals surface area contributed by atoms with Crippen LogP contribution in [-0.2, 0) is 10.0 Å². The van der Waals surface area contributed by atoms with Gasteiger partial charge in [-0.1, -0.05) is 30.3 Å². The zero-order chi connectivity index (χ0) is 17.2. The van der Waals surface area contributed by atoms with Crippen LogP contribution in [0.4, 0.5) is 5.69 Å². The maximum Gasteiger partial charge on any atom is 0.229 e. The van der Waals surface area contributed by atoms with Gasteiger partial charge in [0.05, 0.1) is 6.26 Å². The van der Waals surface area contributed by atoms with Gasteiger partial charge in [0.25, 0.3) is 0 Å². The van der Waals surface area contributed by atoms with Gasteiger partial charge < -0.3 is 0 Å². The van der Waals surface area contributed by atoms with Crippen LogP contribution in [0.5, 0.6) is 0 Å². The van der Waals surface area contributed by atoms with Gasteiger partial charge in [0.2, 0.25) is 10.0 Å². The summed E-state index contributed by atoms with van der Waals surface area (Å²) in [6.07, 6.45) is 1.11. The number of nitrogens with one attached hydrogen (secondary N) is 2. The number of anilines is 1. The van der Waals surface area contributed by atoms with Crippen molar-refractivity contribution in [3.63, 3.8) is 0 Å². The number of rotatable bonds is 4. The molecule has 0 bridgehead atoms. The van der Waals surface area contributed by atoms with E-state index >= 15 is 0 Å². The van der Waals surface area contributed by atoms with Gasteiger partial charge in [-0.25, -0.2) is 8.42 Å². The molecule has 0 amide bonds. The van der Waals surface area contributed by atoms with E-state index in [0.717, 1.165) is 22.9 Å². The van der Waals surface area contributed by atoms with E-state index in [4.69, 9.17) is 5.26 Å². The standard InChI is InChI=1S/C16H13N5O2S/c1-24(22,23)20-14-7-5-11(6-8-14)12-3-2-4-13(9-12)16-15(10-17)18-21-19-16/h2-9,20H,1H3,(H,18,19,21). The molecule has 0 unspecified atom stereocenters. The van der Waals surface area contributed by atoms with Gasteiger partial charge in [-0.15, -0.1) is 5.10 Å². The SMILES string of the molecule is CS(=O)(=O)Nc1ccc(-c2cccc(-c3n[nH]nc3C#N)c2)cc1. The lowest BCUT2D eigenvalue weighted by molar-refractivity contribution is 0.607. The van der Waals surface area contributed by atoms with Gasteiger partial charge >= 0.3 is 0 Å². The van der Waals surface area contributed by atoms with E-state index in [-0.39, 0.29) is 5.69 Å². The minimum Gasteiger partial charge on any atom is -0.284 e. The van der Waals surface area contributed by atoms with Gasteiger partial charge in [-0.2, -0.15) is 15.6 Å². The number of aromatic amines is 1. The van der Waals surface area contributed by atoms with Crippen molar-refractivity contribution in [2.75, 3.05) is 11.0 Å². The monoisotopic (exact) mass is 339 g/mol. The van der Waals surface area contributed by atoms with Crippen LogP contribution in [0, 0.1) is 11.3 Å². The Morgan fingerprint density at radius 3 is 2.42 bits per heavy atom. The number of H-pyrrole nitrogens is 1. The van der Waals surface area contributed by atoms with Crippen molar-refractivity contribution < 1.29 is 8.42 Å². The third kappa shape index (κ3) is 3.42. The van der Waals surface area contributed by atoms with Gasteiger partial charge in [-0.3, -0.25) is 4.72 Å². The Morgan fingerprint density at radius 2 is 1.75 bits per heavy atom. The molecular weight excluding hydrogens is 326 g/mol. The molecule has 3 rings (SSSR count). The molecule has 0 aliphatic carbocycles. The molecule has 0 atom stereocenters. The maximum atomic E-state index is 11.2. The third-order valence-electron chi connectivity index (χ3n) is 3.31. The fourth-order valence-electron chi connectivity index (χ4n) is 2.30. The summed E-state index contributed by atoms with van der Waals surface area (Å²) in [7, 11) is -3.30. The second kappa shape index (κ2) is 6.14. The molecule has 3 aromatic rings. The highest BCUT2D eigenvalue weighted by molar-refractivity contribution is 7.92. The Labute approximate surface area is 139 Å². The molecule has 24 heavy (non-hydrogen) atoms. The fourth-order valence-corrected chi connectivity index (χ4v) is 2.87. The van der Waals surface area contributed by atoms with Crippen LogP contribution in [0.1, 0.15) is 5.69 Å². The van der Waals surface area contributed by atoms with Crippen LogP contribution in [-0.4, -0.2) is 30.1 Å². The van der Waals surface area contributed by atoms with Gasteiger partial charge in [0.1, 0.15) is 11.8 Å². The maximum absolute atomic E-state index is 11.2. The van der Waals surface area contributed by atoms with Crippen LogP contribution in [0.3, 0.4) is 0 Å². The average Bonchev–Trinajstić information content (AvgIpc) is 3.03. The molecule has 1 heterocycles. The number of aromatic nitrogens is 3. The fraction of sp³-hybridized carbons (Fsp3) is 0.0625. The highest BCUT2D eigenvalue weighted by Gasteiger charge is 2.10. The summed E-state index contributed by atoms with van der Waals surface area (Å²) in [5.74, 6) is 0. The Balaban J connectivity index is 1.94. The van der Waals surface area contributed by atoms with E-state index in [0.29, 0.717) is 11.4 Å². The topological polar surface area (TPSA) is 112 Å². The first-order valence-electron chi connectivity index (χ1n) is 6.96. The van der Waals surface area contributed by atoms with Crippen LogP contribution < -0.4 is 4.72 Å². The average molecular weight is 339 g/mol. The summed E-state index contributed by atoms with van der Waals surface area (Å²) in [4.78, 5) is 0. The predicted molar refractivity (Wildman–Crippen MR) is 90.4 cm³/mol. The van der Waals surface area contributed by atoms with Crippen LogP contribution >= 0.6 is 0 Å². The van der Waals surface area contributed by atoms with Crippen LogP contribution in [0.2, 0.25) is 0 Å². The summed E-state index contributed by atoms with van der Waals surface area (Å²) in [6.45, 7) is 0. The number of hydrogen-bond acceptors (Lipinski definition) is 5. The van der Waals surface area contributed by atoms with Crippen molar-refractivity contribution >= 4 is 15.7 Å². The number of benzene rings is 2. The van der Waals surface area contributed by atoms with E-state index in [9.17, 15) is 8.42 Å². The lowest BCUT2D eigenvalue weighted by Crippen LogP contribution is -2.09. The summed E-state index contributed by atoms with van der Waals surface area (Å²) in [6, 6.07) is 16.6. The van der Waals surface area contributed by atoms with Gasteiger partial charge in [0.15, 0.2) is 5.69 Å². The zero-order valence-corrected chi connectivity index (χ0v) is 13.5. The molecule has 0 aliphatic rings. The third-order valence-corrected chi connectivity index (χ3v) is 3.92. The van der Waals surface area contributed by atoms with Gasteiger partial charge in [0, 0.05) is 11.3 Å². The highest BCUT2D eigenvalue weighted by Crippen LogP contribution is 2.27. The highest BCUT2D eigenvalue weighted by atomic mass is 32.2.